The van der Waals surface area contributed by atoms with Gasteiger partial charge < -0.3 is 9.47 Å². The Hall–Kier alpha value is -0.350. The highest BCUT2D eigenvalue weighted by atomic mass is 79.9. The first-order chi connectivity index (χ1) is 10.3. The number of rotatable bonds is 4. The maximum absolute atomic E-state index is 5.78. The number of ether oxygens (including phenoxy) is 2. The van der Waals surface area contributed by atoms with Gasteiger partial charge in [0.05, 0.1) is 13.2 Å². The summed E-state index contributed by atoms with van der Waals surface area (Å²) < 4.78 is 11.5. The molecule has 1 heterocycles. The van der Waals surface area contributed by atoms with Crippen molar-refractivity contribution in [3.8, 4) is 11.5 Å². The Morgan fingerprint density at radius 1 is 1.00 bits per heavy atom. The third-order valence-electron chi connectivity index (χ3n) is 4.46. The first kappa shape index (κ1) is 15.5. The van der Waals surface area contributed by atoms with Crippen LogP contribution in [0.5, 0.6) is 11.5 Å². The Morgan fingerprint density at radius 2 is 1.76 bits per heavy atom. The summed E-state index contributed by atoms with van der Waals surface area (Å²) in [6, 6.07) is 6.38. The summed E-state index contributed by atoms with van der Waals surface area (Å²) in [4.78, 5) is 1.30. The van der Waals surface area contributed by atoms with Gasteiger partial charge in [-0.3, -0.25) is 0 Å². The standard InChI is InChI=1S/C17H23BrO2S/c18-12-17(7-2-1-3-8-17)13-21-14-5-6-15-16(11-14)20-10-4-9-19-15/h5-6,11H,1-4,7-10,12-13H2. The quantitative estimate of drug-likeness (QED) is 0.530. The van der Waals surface area contributed by atoms with Gasteiger partial charge in [0.15, 0.2) is 11.5 Å². The second-order valence-electron chi connectivity index (χ2n) is 6.14. The van der Waals surface area contributed by atoms with E-state index in [0.717, 1.165) is 36.5 Å². The third kappa shape index (κ3) is 3.89. The second kappa shape index (κ2) is 7.28. The van der Waals surface area contributed by atoms with Crippen molar-refractivity contribution in [2.24, 2.45) is 5.41 Å². The van der Waals surface area contributed by atoms with E-state index in [-0.39, 0.29) is 0 Å². The van der Waals surface area contributed by atoms with Gasteiger partial charge in [-0.15, -0.1) is 11.8 Å². The predicted octanol–water partition coefficient (Wildman–Crippen LogP) is 5.29. The molecule has 0 amide bonds. The van der Waals surface area contributed by atoms with E-state index in [2.05, 4.69) is 34.1 Å². The van der Waals surface area contributed by atoms with Gasteiger partial charge in [0, 0.05) is 22.4 Å². The Kier molecular flexibility index (Phi) is 5.38. The number of halogens is 1. The Bertz CT molecular complexity index is 472. The fourth-order valence-electron chi connectivity index (χ4n) is 3.09. The molecule has 2 aliphatic rings. The van der Waals surface area contributed by atoms with Gasteiger partial charge in [-0.2, -0.15) is 0 Å². The van der Waals surface area contributed by atoms with E-state index in [0.29, 0.717) is 5.41 Å². The van der Waals surface area contributed by atoms with Crippen LogP contribution >= 0.6 is 27.7 Å². The summed E-state index contributed by atoms with van der Waals surface area (Å²) >= 11 is 5.72. The molecule has 2 nitrogen and oxygen atoms in total. The molecular weight excluding hydrogens is 348 g/mol. The zero-order valence-corrected chi connectivity index (χ0v) is 14.8. The molecule has 0 radical (unpaired) electrons. The maximum Gasteiger partial charge on any atom is 0.162 e. The fraction of sp³-hybridized carbons (Fsp3) is 0.647. The minimum atomic E-state index is 0.479. The molecule has 0 saturated heterocycles. The van der Waals surface area contributed by atoms with Crippen molar-refractivity contribution in [2.45, 2.75) is 43.4 Å². The van der Waals surface area contributed by atoms with Crippen molar-refractivity contribution in [1.29, 1.82) is 0 Å². The number of hydrogen-bond donors (Lipinski definition) is 0. The lowest BCUT2D eigenvalue weighted by Gasteiger charge is -2.35. The molecule has 0 bridgehead atoms. The number of benzene rings is 1. The molecule has 1 saturated carbocycles. The van der Waals surface area contributed by atoms with Crippen LogP contribution in [0.25, 0.3) is 0 Å². The third-order valence-corrected chi connectivity index (χ3v) is 7.00. The molecule has 116 valence electrons. The van der Waals surface area contributed by atoms with Crippen LogP contribution in [0, 0.1) is 5.41 Å². The van der Waals surface area contributed by atoms with E-state index in [9.17, 15) is 0 Å². The molecule has 21 heavy (non-hydrogen) atoms. The van der Waals surface area contributed by atoms with Gasteiger partial charge in [0.2, 0.25) is 0 Å². The number of alkyl halides is 1. The Labute approximate surface area is 140 Å². The topological polar surface area (TPSA) is 18.5 Å². The molecule has 1 fully saturated rings. The highest BCUT2D eigenvalue weighted by molar-refractivity contribution is 9.09. The van der Waals surface area contributed by atoms with Crippen LogP contribution in [0.4, 0.5) is 0 Å². The van der Waals surface area contributed by atoms with Gasteiger partial charge >= 0.3 is 0 Å². The monoisotopic (exact) mass is 370 g/mol. The molecular formula is C17H23BrO2S. The van der Waals surface area contributed by atoms with Crippen molar-refractivity contribution in [1.82, 2.24) is 0 Å². The summed E-state index contributed by atoms with van der Waals surface area (Å²) in [7, 11) is 0. The lowest BCUT2D eigenvalue weighted by molar-refractivity contribution is 0.260. The minimum absolute atomic E-state index is 0.479. The molecule has 4 heteroatoms. The first-order valence-corrected chi connectivity index (χ1v) is 10.0. The van der Waals surface area contributed by atoms with Crippen LogP contribution < -0.4 is 9.47 Å². The Morgan fingerprint density at radius 3 is 2.52 bits per heavy atom. The zero-order chi connectivity index (χ0) is 14.5. The summed E-state index contributed by atoms with van der Waals surface area (Å²) in [6.07, 6.45) is 7.85. The summed E-state index contributed by atoms with van der Waals surface area (Å²) in [5.74, 6) is 3.00. The molecule has 3 rings (SSSR count). The van der Waals surface area contributed by atoms with Crippen molar-refractivity contribution in [3.05, 3.63) is 18.2 Å². The minimum Gasteiger partial charge on any atom is -0.490 e. The molecule has 0 unspecified atom stereocenters. The van der Waals surface area contributed by atoms with Crippen LogP contribution in [-0.2, 0) is 0 Å². The molecule has 1 aromatic rings. The smallest absolute Gasteiger partial charge is 0.162 e. The maximum atomic E-state index is 5.78. The van der Waals surface area contributed by atoms with E-state index in [4.69, 9.17) is 9.47 Å². The van der Waals surface area contributed by atoms with Crippen molar-refractivity contribution in [2.75, 3.05) is 24.3 Å². The molecule has 0 N–H and O–H groups in total. The molecule has 1 aliphatic carbocycles. The number of thioether (sulfide) groups is 1. The normalized spacial score (nSPS) is 20.8. The van der Waals surface area contributed by atoms with Gasteiger partial charge in [0.1, 0.15) is 0 Å². The van der Waals surface area contributed by atoms with E-state index in [1.807, 2.05) is 11.8 Å². The van der Waals surface area contributed by atoms with Crippen LogP contribution in [-0.4, -0.2) is 24.3 Å². The van der Waals surface area contributed by atoms with Crippen molar-refractivity contribution < 1.29 is 9.47 Å². The molecule has 0 atom stereocenters. The van der Waals surface area contributed by atoms with E-state index < -0.39 is 0 Å². The van der Waals surface area contributed by atoms with Crippen molar-refractivity contribution in [3.63, 3.8) is 0 Å². The van der Waals surface area contributed by atoms with Crippen LogP contribution in [0.3, 0.4) is 0 Å². The average molecular weight is 371 g/mol. The van der Waals surface area contributed by atoms with Crippen LogP contribution in [0.2, 0.25) is 0 Å². The Balaban J connectivity index is 1.66. The summed E-state index contributed by atoms with van der Waals surface area (Å²) in [5, 5.41) is 1.12. The van der Waals surface area contributed by atoms with Gasteiger partial charge in [0.25, 0.3) is 0 Å². The first-order valence-electron chi connectivity index (χ1n) is 7.90. The van der Waals surface area contributed by atoms with Gasteiger partial charge in [-0.1, -0.05) is 35.2 Å². The van der Waals surface area contributed by atoms with Crippen LogP contribution in [0.15, 0.2) is 23.1 Å². The van der Waals surface area contributed by atoms with E-state index in [1.54, 1.807) is 0 Å². The largest absolute Gasteiger partial charge is 0.490 e. The zero-order valence-electron chi connectivity index (χ0n) is 12.4. The van der Waals surface area contributed by atoms with Crippen LogP contribution in [0.1, 0.15) is 38.5 Å². The highest BCUT2D eigenvalue weighted by Crippen LogP contribution is 2.43. The lowest BCUT2D eigenvalue weighted by Crippen LogP contribution is -2.28. The van der Waals surface area contributed by atoms with Gasteiger partial charge in [-0.05, 0) is 36.5 Å². The second-order valence-corrected chi connectivity index (χ2v) is 7.75. The lowest BCUT2D eigenvalue weighted by atomic mass is 9.77. The number of fused-ring (bicyclic) bond motifs is 1. The fourth-order valence-corrected chi connectivity index (χ4v) is 5.33. The highest BCUT2D eigenvalue weighted by Gasteiger charge is 2.31. The summed E-state index contributed by atoms with van der Waals surface area (Å²) in [5.41, 5.74) is 0.479. The molecule has 1 aromatic carbocycles. The molecule has 1 aliphatic heterocycles. The predicted molar refractivity (Wildman–Crippen MR) is 92.1 cm³/mol. The van der Waals surface area contributed by atoms with E-state index in [1.165, 1.54) is 42.8 Å². The summed E-state index contributed by atoms with van der Waals surface area (Å²) in [6.45, 7) is 1.51. The van der Waals surface area contributed by atoms with Crippen molar-refractivity contribution >= 4 is 27.7 Å². The number of hydrogen-bond acceptors (Lipinski definition) is 3. The van der Waals surface area contributed by atoms with Gasteiger partial charge in [-0.25, -0.2) is 0 Å². The SMILES string of the molecule is BrCC1(CSc2ccc3c(c2)OCCCO3)CCCCC1. The molecule has 0 spiro atoms. The molecule has 0 aromatic heterocycles. The van der Waals surface area contributed by atoms with E-state index >= 15 is 0 Å². The average Bonchev–Trinajstić information content (AvgIpc) is 2.78.